The molecule has 3 rings (SSSR count). The molecule has 0 saturated carbocycles. The molecule has 0 amide bonds. The summed E-state index contributed by atoms with van der Waals surface area (Å²) in [6.45, 7) is 2.52. The summed E-state index contributed by atoms with van der Waals surface area (Å²) in [5.41, 5.74) is 1.99. The lowest BCUT2D eigenvalue weighted by Gasteiger charge is -2.10. The average molecular weight is 395 g/mol. The zero-order chi connectivity index (χ0) is 19.9. The van der Waals surface area contributed by atoms with Gasteiger partial charge in [-0.05, 0) is 49.2 Å². The number of methoxy groups -OCH3 is 1. The first-order valence-corrected chi connectivity index (χ1v) is 9.41. The highest BCUT2D eigenvalue weighted by atomic mass is 32.2. The molecule has 0 unspecified atom stereocenters. The molecular formula is C19H17N5O3S. The monoisotopic (exact) mass is 395 g/mol. The van der Waals surface area contributed by atoms with Crippen molar-refractivity contribution < 1.29 is 19.0 Å². The highest BCUT2D eigenvalue weighted by Gasteiger charge is 2.10. The molecule has 0 aliphatic rings. The summed E-state index contributed by atoms with van der Waals surface area (Å²) in [4.78, 5) is 8.40. The number of nitriles is 1. The van der Waals surface area contributed by atoms with Crippen LogP contribution < -0.4 is 14.5 Å². The van der Waals surface area contributed by atoms with Gasteiger partial charge in [0, 0.05) is 11.3 Å². The molecule has 0 radical (unpaired) electrons. The Bertz CT molecular complexity index is 1020. The smallest absolute Gasteiger partial charge is 0.320 e. The predicted molar refractivity (Wildman–Crippen MR) is 101 cm³/mol. The summed E-state index contributed by atoms with van der Waals surface area (Å²) < 4.78 is 11.7. The van der Waals surface area contributed by atoms with Gasteiger partial charge < -0.3 is 9.84 Å². The number of rotatable bonds is 7. The highest BCUT2D eigenvalue weighted by molar-refractivity contribution is 7.99. The molecule has 0 spiro atoms. The van der Waals surface area contributed by atoms with Crippen molar-refractivity contribution in [2.24, 2.45) is 4.99 Å². The fourth-order valence-electron chi connectivity index (χ4n) is 2.31. The van der Waals surface area contributed by atoms with Gasteiger partial charge in [0.2, 0.25) is 5.27 Å². The van der Waals surface area contributed by atoms with Crippen LogP contribution in [-0.2, 0) is 6.54 Å². The van der Waals surface area contributed by atoms with Crippen molar-refractivity contribution >= 4 is 23.5 Å². The van der Waals surface area contributed by atoms with Crippen molar-refractivity contribution in [3.63, 3.8) is 0 Å². The molecule has 0 aliphatic carbocycles. The lowest BCUT2D eigenvalue weighted by atomic mass is 10.1. The maximum atomic E-state index is 12.1. The van der Waals surface area contributed by atoms with Crippen LogP contribution in [0.2, 0.25) is 0 Å². The zero-order valence-corrected chi connectivity index (χ0v) is 16.1. The van der Waals surface area contributed by atoms with Crippen LogP contribution in [0.3, 0.4) is 0 Å². The second kappa shape index (κ2) is 9.01. The highest BCUT2D eigenvalue weighted by Crippen LogP contribution is 2.26. The van der Waals surface area contributed by atoms with Gasteiger partial charge in [-0.15, -0.1) is 0 Å². The molecule has 0 saturated heterocycles. The van der Waals surface area contributed by atoms with Crippen LogP contribution in [0.15, 0.2) is 57.1 Å². The number of ether oxygens (including phenoxy) is 1. The number of aromatic nitrogens is 3. The Morgan fingerprint density at radius 2 is 2.11 bits per heavy atom. The fourth-order valence-corrected chi connectivity index (χ4v) is 3.07. The van der Waals surface area contributed by atoms with Crippen LogP contribution in [0.25, 0.3) is 11.3 Å². The number of aliphatic imine (C=N–C) groups is 1. The van der Waals surface area contributed by atoms with E-state index in [-0.39, 0.29) is 11.6 Å². The summed E-state index contributed by atoms with van der Waals surface area (Å²) in [6, 6.07) is 13.0. The van der Waals surface area contributed by atoms with Crippen LogP contribution in [0.5, 0.6) is 5.75 Å². The minimum Gasteiger partial charge on any atom is -0.861 e. The summed E-state index contributed by atoms with van der Waals surface area (Å²) in [6.07, 6.45) is 1.55. The second-order valence-corrected chi connectivity index (χ2v) is 6.54. The minimum atomic E-state index is -0.398. The molecule has 8 nitrogen and oxygen atoms in total. The Morgan fingerprint density at radius 3 is 2.75 bits per heavy atom. The van der Waals surface area contributed by atoms with E-state index in [4.69, 9.17) is 9.26 Å². The molecule has 28 heavy (non-hydrogen) atoms. The van der Waals surface area contributed by atoms with Gasteiger partial charge in [-0.1, -0.05) is 16.4 Å². The van der Waals surface area contributed by atoms with Crippen molar-refractivity contribution in [2.45, 2.75) is 18.5 Å². The van der Waals surface area contributed by atoms with Crippen molar-refractivity contribution in [3.05, 3.63) is 48.2 Å². The van der Waals surface area contributed by atoms with Gasteiger partial charge in [0.15, 0.2) is 6.54 Å². The van der Waals surface area contributed by atoms with Crippen LogP contribution in [0.1, 0.15) is 12.5 Å². The predicted octanol–water partition coefficient (Wildman–Crippen LogP) is 2.11. The van der Waals surface area contributed by atoms with Gasteiger partial charge >= 0.3 is 5.88 Å². The maximum Gasteiger partial charge on any atom is 0.320 e. The molecule has 1 aromatic carbocycles. The molecule has 0 N–H and O–H groups in total. The fraction of sp³-hybridized carbons (Fsp3) is 0.211. The lowest BCUT2D eigenvalue weighted by Crippen LogP contribution is -2.32. The molecule has 0 atom stereocenters. The number of benzene rings is 1. The Balaban J connectivity index is 1.77. The molecular weight excluding hydrogens is 378 g/mol. The number of thioether (sulfide) groups is 1. The van der Waals surface area contributed by atoms with Crippen molar-refractivity contribution in [1.29, 1.82) is 5.26 Å². The van der Waals surface area contributed by atoms with E-state index >= 15 is 0 Å². The first-order chi connectivity index (χ1) is 13.6. The van der Waals surface area contributed by atoms with Crippen molar-refractivity contribution in [3.8, 4) is 23.1 Å². The van der Waals surface area contributed by atoms with E-state index in [0.717, 1.165) is 23.1 Å². The molecule has 0 fully saturated rings. The SMILES string of the molecule is CC[n+]1cc(/N=C(\[O-])CSc2nc(-c3ccc(OC)cc3)ccc2C#N)on1. The standard InChI is InChI=1S/C19H17N5O3S/c1-3-24-11-18(27-23-24)22-17(25)12-28-19-14(10-20)6-9-16(21-19)13-4-7-15(26-2)8-5-13/h4-9,11H,3,12H2,1-2H3. The third-order valence-electron chi connectivity index (χ3n) is 3.76. The van der Waals surface area contributed by atoms with E-state index in [0.29, 0.717) is 22.8 Å². The summed E-state index contributed by atoms with van der Waals surface area (Å²) >= 11 is 1.16. The van der Waals surface area contributed by atoms with Crippen LogP contribution in [0.4, 0.5) is 5.88 Å². The van der Waals surface area contributed by atoms with Gasteiger partial charge in [-0.2, -0.15) is 5.26 Å². The van der Waals surface area contributed by atoms with E-state index in [2.05, 4.69) is 21.3 Å². The first kappa shape index (κ1) is 19.4. The molecule has 2 heterocycles. The zero-order valence-electron chi connectivity index (χ0n) is 15.3. The van der Waals surface area contributed by atoms with Crippen LogP contribution >= 0.6 is 11.8 Å². The van der Waals surface area contributed by atoms with Crippen LogP contribution in [0, 0.1) is 11.3 Å². The second-order valence-electron chi connectivity index (χ2n) is 5.58. The van der Waals surface area contributed by atoms with E-state index in [9.17, 15) is 10.4 Å². The number of nitrogens with zero attached hydrogens (tertiary/aromatic N) is 5. The number of hydrogen-bond acceptors (Lipinski definition) is 8. The van der Waals surface area contributed by atoms with Gasteiger partial charge in [-0.3, -0.25) is 4.52 Å². The molecule has 0 bridgehead atoms. The first-order valence-electron chi connectivity index (χ1n) is 8.42. The Morgan fingerprint density at radius 1 is 1.32 bits per heavy atom. The Kier molecular flexibility index (Phi) is 6.24. The van der Waals surface area contributed by atoms with E-state index in [1.807, 2.05) is 31.2 Å². The van der Waals surface area contributed by atoms with E-state index < -0.39 is 5.90 Å². The van der Waals surface area contributed by atoms with Gasteiger partial charge in [0.1, 0.15) is 16.8 Å². The third kappa shape index (κ3) is 4.66. The van der Waals surface area contributed by atoms with Crippen molar-refractivity contribution in [2.75, 3.05) is 12.9 Å². The number of pyridine rings is 1. The quantitative estimate of drug-likeness (QED) is 0.261. The number of hydrogen-bond donors (Lipinski definition) is 0. The summed E-state index contributed by atoms with van der Waals surface area (Å²) in [7, 11) is 1.60. The summed E-state index contributed by atoms with van der Waals surface area (Å²) in [5, 5.41) is 25.6. The van der Waals surface area contributed by atoms with Crippen LogP contribution in [-0.4, -0.2) is 29.0 Å². The maximum absolute atomic E-state index is 12.1. The Labute approximate surface area is 166 Å². The average Bonchev–Trinajstić information content (AvgIpc) is 3.19. The topological polar surface area (TPSA) is 111 Å². The summed E-state index contributed by atoms with van der Waals surface area (Å²) in [5.74, 6) is 0.523. The van der Waals surface area contributed by atoms with Crippen molar-refractivity contribution in [1.82, 2.24) is 10.3 Å². The molecule has 142 valence electrons. The minimum absolute atomic E-state index is 0.0283. The molecule has 0 aliphatic heterocycles. The number of aryl methyl sites for hydroxylation is 1. The molecule has 3 aromatic rings. The largest absolute Gasteiger partial charge is 0.861 e. The molecule has 9 heteroatoms. The molecule has 2 aromatic heterocycles. The third-order valence-corrected chi connectivity index (χ3v) is 4.73. The Hall–Kier alpha value is -3.38. The van der Waals surface area contributed by atoms with Gasteiger partial charge in [-0.25, -0.2) is 9.98 Å². The lowest BCUT2D eigenvalue weighted by molar-refractivity contribution is -0.759. The van der Waals surface area contributed by atoms with E-state index in [1.54, 1.807) is 25.4 Å². The van der Waals surface area contributed by atoms with Gasteiger partial charge in [0.25, 0.3) is 6.20 Å². The van der Waals surface area contributed by atoms with E-state index in [1.165, 1.54) is 4.68 Å². The normalized spacial score (nSPS) is 11.2. The van der Waals surface area contributed by atoms with Gasteiger partial charge in [0.05, 0.1) is 18.4 Å².